The second kappa shape index (κ2) is 10.2. The normalized spacial score (nSPS) is 16.5. The van der Waals surface area contributed by atoms with E-state index in [1.165, 1.54) is 6.92 Å². The number of aliphatic hydroxyl groups excluding tert-OH is 1. The highest BCUT2D eigenvalue weighted by Gasteiger charge is 2.95. The Morgan fingerprint density at radius 1 is 0.600 bits per heavy atom. The van der Waals surface area contributed by atoms with E-state index >= 15 is 0 Å². The van der Waals surface area contributed by atoms with Crippen molar-refractivity contribution in [1.82, 2.24) is 0 Å². The zero-order chi connectivity index (χ0) is 28.5. The van der Waals surface area contributed by atoms with E-state index in [2.05, 4.69) is 9.47 Å². The van der Waals surface area contributed by atoms with Gasteiger partial charge < -0.3 is 14.6 Å². The van der Waals surface area contributed by atoms with Crippen LogP contribution < -0.4 is 0 Å². The molecule has 0 bridgehead atoms. The summed E-state index contributed by atoms with van der Waals surface area (Å²) in [4.78, 5) is 0. The minimum atomic E-state index is -8.67. The first kappa shape index (κ1) is 33.7. The topological polar surface area (TPSA) is 38.7 Å². The predicted octanol–water partition coefficient (Wildman–Crippen LogP) is 5.80. The minimum absolute atomic E-state index is 0.197. The summed E-state index contributed by atoms with van der Waals surface area (Å²) in [6.07, 6.45) is -9.14. The Morgan fingerprint density at radius 3 is 1.31 bits per heavy atom. The van der Waals surface area contributed by atoms with E-state index in [4.69, 9.17) is 5.11 Å². The second-order valence-electron chi connectivity index (χ2n) is 6.84. The van der Waals surface area contributed by atoms with Crippen molar-refractivity contribution in [2.45, 2.75) is 67.1 Å². The number of ether oxygens (including phenoxy) is 2. The van der Waals surface area contributed by atoms with Crippen LogP contribution in [0, 0.1) is 0 Å². The molecule has 0 rings (SSSR count). The molecule has 0 radical (unpaired) electrons. The third-order valence-corrected chi connectivity index (χ3v) is 4.14. The van der Waals surface area contributed by atoms with Crippen molar-refractivity contribution in [3.05, 3.63) is 0 Å². The van der Waals surface area contributed by atoms with Crippen LogP contribution in [-0.2, 0) is 9.47 Å². The largest absolute Gasteiger partial charge is 0.460 e. The Labute approximate surface area is 184 Å². The second-order valence-corrected chi connectivity index (χ2v) is 6.84. The fraction of sp³-hybridized carbons (Fsp3) is 1.00. The van der Waals surface area contributed by atoms with Gasteiger partial charge in [0, 0.05) is 6.61 Å². The van der Waals surface area contributed by atoms with Crippen molar-refractivity contribution >= 4 is 0 Å². The van der Waals surface area contributed by atoms with E-state index < -0.39 is 73.6 Å². The molecule has 0 saturated carbocycles. The van der Waals surface area contributed by atoms with Gasteiger partial charge in [-0.2, -0.15) is 74.6 Å². The average Bonchev–Trinajstić information content (AvgIpc) is 2.68. The third kappa shape index (κ3) is 5.52. The van der Waals surface area contributed by atoms with E-state index in [0.717, 1.165) is 0 Å². The lowest BCUT2D eigenvalue weighted by Crippen LogP contribution is -2.74. The van der Waals surface area contributed by atoms with Crippen LogP contribution in [-0.4, -0.2) is 85.3 Å². The highest BCUT2D eigenvalue weighted by atomic mass is 19.4. The van der Waals surface area contributed by atoms with Gasteiger partial charge in [-0.25, -0.2) is 0 Å². The molecule has 0 aliphatic heterocycles. The van der Waals surface area contributed by atoms with E-state index in [-0.39, 0.29) is 13.0 Å². The number of hydrogen-bond donors (Lipinski definition) is 1. The quantitative estimate of drug-likeness (QED) is 0.271. The molecule has 0 heterocycles. The molecular formula is C15H15F17O3. The maximum absolute atomic E-state index is 13.6. The molecule has 20 heteroatoms. The van der Waals surface area contributed by atoms with Crippen molar-refractivity contribution in [3.8, 4) is 0 Å². The molecule has 1 N–H and O–H groups in total. The number of halogens is 17. The predicted molar refractivity (Wildman–Crippen MR) is 78.6 cm³/mol. The van der Waals surface area contributed by atoms with Gasteiger partial charge in [-0.3, -0.25) is 0 Å². The van der Waals surface area contributed by atoms with Gasteiger partial charge in [-0.1, -0.05) is 6.92 Å². The van der Waals surface area contributed by atoms with Gasteiger partial charge in [0.25, 0.3) is 0 Å². The molecule has 1 atom stereocenters. The van der Waals surface area contributed by atoms with Crippen LogP contribution >= 0.6 is 0 Å². The van der Waals surface area contributed by atoms with Crippen molar-refractivity contribution in [2.24, 2.45) is 0 Å². The molecule has 0 amide bonds. The molecule has 0 aromatic carbocycles. The minimum Gasteiger partial charge on any atom is -0.394 e. The zero-order valence-electron chi connectivity index (χ0n) is 16.8. The molecule has 35 heavy (non-hydrogen) atoms. The third-order valence-electron chi connectivity index (χ3n) is 4.14. The summed E-state index contributed by atoms with van der Waals surface area (Å²) in [6.45, 7) is -4.10. The standard InChI is InChI=1S/C15H15F17O3/c1-2-3-35-7(4-33)5-34-6-8(16,17)9(18,19)10(20,21)11(22,23)12(24,25)13(26,27)14(28,29)15(30,31)32/h7,33H,2-6H2,1H3. The molecule has 0 fully saturated rings. The zero-order valence-corrected chi connectivity index (χ0v) is 16.8. The fourth-order valence-corrected chi connectivity index (χ4v) is 2.04. The van der Waals surface area contributed by atoms with Crippen LogP contribution in [0.15, 0.2) is 0 Å². The van der Waals surface area contributed by atoms with Gasteiger partial charge >= 0.3 is 47.6 Å². The molecular weight excluding hydrogens is 551 g/mol. The summed E-state index contributed by atoms with van der Waals surface area (Å²) in [5.41, 5.74) is 0. The highest BCUT2D eigenvalue weighted by molar-refractivity contribution is 5.15. The molecule has 1 unspecified atom stereocenters. The van der Waals surface area contributed by atoms with Crippen LogP contribution in [0.1, 0.15) is 13.3 Å². The summed E-state index contributed by atoms with van der Waals surface area (Å²) in [5, 5.41) is 8.81. The van der Waals surface area contributed by atoms with Gasteiger partial charge in [-0.15, -0.1) is 0 Å². The van der Waals surface area contributed by atoms with E-state index in [0.29, 0.717) is 0 Å². The van der Waals surface area contributed by atoms with Crippen molar-refractivity contribution in [3.63, 3.8) is 0 Å². The van der Waals surface area contributed by atoms with Crippen molar-refractivity contribution in [1.29, 1.82) is 0 Å². The maximum atomic E-state index is 13.6. The first-order chi connectivity index (χ1) is 15.2. The Kier molecular flexibility index (Phi) is 9.83. The summed E-state index contributed by atoms with van der Waals surface area (Å²) in [5.74, 6) is -56.8. The first-order valence-corrected chi connectivity index (χ1v) is 8.76. The van der Waals surface area contributed by atoms with Crippen LogP contribution in [0.25, 0.3) is 0 Å². The van der Waals surface area contributed by atoms with Crippen LogP contribution in [0.5, 0.6) is 0 Å². The van der Waals surface area contributed by atoms with E-state index in [9.17, 15) is 74.6 Å². The molecule has 0 aromatic heterocycles. The molecule has 212 valence electrons. The van der Waals surface area contributed by atoms with Gasteiger partial charge in [0.1, 0.15) is 12.7 Å². The van der Waals surface area contributed by atoms with E-state index in [1.54, 1.807) is 0 Å². The van der Waals surface area contributed by atoms with Crippen molar-refractivity contribution < 1.29 is 89.2 Å². The number of aliphatic hydroxyl groups is 1. The Balaban J connectivity index is 6.17. The maximum Gasteiger partial charge on any atom is 0.460 e. The Hall–Kier alpha value is -1.31. The van der Waals surface area contributed by atoms with Gasteiger partial charge in [0.15, 0.2) is 0 Å². The van der Waals surface area contributed by atoms with E-state index in [1.807, 2.05) is 0 Å². The van der Waals surface area contributed by atoms with Crippen LogP contribution in [0.4, 0.5) is 74.6 Å². The number of hydrogen-bond acceptors (Lipinski definition) is 3. The lowest BCUT2D eigenvalue weighted by atomic mass is 9.89. The Morgan fingerprint density at radius 2 is 0.971 bits per heavy atom. The van der Waals surface area contributed by atoms with Crippen molar-refractivity contribution in [2.75, 3.05) is 26.4 Å². The van der Waals surface area contributed by atoms with Gasteiger partial charge in [0.2, 0.25) is 0 Å². The SMILES string of the molecule is CCCOC(CO)COCC(F)(F)C(F)(F)C(F)(F)C(F)(F)C(F)(F)C(F)(F)C(F)(F)C(F)(F)F. The molecule has 0 aromatic rings. The first-order valence-electron chi connectivity index (χ1n) is 8.76. The smallest absolute Gasteiger partial charge is 0.394 e. The molecule has 0 aliphatic carbocycles. The number of rotatable bonds is 14. The Bertz CT molecular complexity index is 689. The average molecular weight is 566 g/mol. The summed E-state index contributed by atoms with van der Waals surface area (Å²) < 4.78 is 231. The summed E-state index contributed by atoms with van der Waals surface area (Å²) >= 11 is 0. The van der Waals surface area contributed by atoms with Gasteiger partial charge in [-0.05, 0) is 6.42 Å². The summed E-state index contributed by atoms with van der Waals surface area (Å²) in [7, 11) is 0. The molecule has 3 nitrogen and oxygen atoms in total. The molecule has 0 aliphatic rings. The lowest BCUT2D eigenvalue weighted by molar-refractivity contribution is -0.462. The fourth-order valence-electron chi connectivity index (χ4n) is 2.04. The summed E-state index contributed by atoms with van der Waals surface area (Å²) in [6, 6.07) is 0. The van der Waals surface area contributed by atoms with Crippen LogP contribution in [0.2, 0.25) is 0 Å². The highest BCUT2D eigenvalue weighted by Crippen LogP contribution is 2.63. The van der Waals surface area contributed by atoms with Crippen LogP contribution in [0.3, 0.4) is 0 Å². The van der Waals surface area contributed by atoms with Gasteiger partial charge in [0.05, 0.1) is 13.2 Å². The molecule has 0 spiro atoms. The number of alkyl halides is 17. The molecule has 0 saturated heterocycles. The lowest BCUT2D eigenvalue weighted by Gasteiger charge is -2.42. The monoisotopic (exact) mass is 566 g/mol.